The summed E-state index contributed by atoms with van der Waals surface area (Å²) in [5.41, 5.74) is 2.18. The van der Waals surface area contributed by atoms with E-state index >= 15 is 0 Å². The molecule has 0 spiro atoms. The highest BCUT2D eigenvalue weighted by Crippen LogP contribution is 2.32. The maximum atomic E-state index is 12.8. The molecule has 0 aliphatic carbocycles. The monoisotopic (exact) mass is 540 g/mol. The Hall–Kier alpha value is -3.50. The SMILES string of the molecule is CCCCOC(=O)c1ccc(NC(=O)CCCN2C(=O)C(=Cc3ccc(C(=O)OC)cc3)SC2=S)cc1. The topological polar surface area (TPSA) is 102 Å². The summed E-state index contributed by atoms with van der Waals surface area (Å²) in [4.78, 5) is 50.7. The van der Waals surface area contributed by atoms with Crippen molar-refractivity contribution in [1.29, 1.82) is 0 Å². The molecule has 0 unspecified atom stereocenters. The minimum atomic E-state index is -0.429. The van der Waals surface area contributed by atoms with Crippen LogP contribution in [0.3, 0.4) is 0 Å². The third-order valence-corrected chi connectivity index (χ3v) is 6.80. The molecule has 1 heterocycles. The van der Waals surface area contributed by atoms with Gasteiger partial charge in [0.05, 0.1) is 29.7 Å². The van der Waals surface area contributed by atoms with Crippen molar-refractivity contribution in [2.75, 3.05) is 25.6 Å². The number of esters is 2. The first-order chi connectivity index (χ1) is 17.8. The number of unbranched alkanes of at least 4 members (excludes halogenated alkanes) is 1. The van der Waals surface area contributed by atoms with Gasteiger partial charge in [-0.2, -0.15) is 0 Å². The Labute approximate surface area is 225 Å². The number of carbonyl (C=O) groups excluding carboxylic acids is 4. The van der Waals surface area contributed by atoms with Crippen LogP contribution in [-0.4, -0.2) is 53.2 Å². The average Bonchev–Trinajstić information content (AvgIpc) is 3.16. The second kappa shape index (κ2) is 13.7. The number of anilines is 1. The number of ether oxygens (including phenoxy) is 2. The van der Waals surface area contributed by atoms with Gasteiger partial charge in [-0.25, -0.2) is 9.59 Å². The van der Waals surface area contributed by atoms with Crippen LogP contribution in [0.5, 0.6) is 0 Å². The van der Waals surface area contributed by atoms with E-state index in [-0.39, 0.29) is 24.2 Å². The highest BCUT2D eigenvalue weighted by molar-refractivity contribution is 8.26. The van der Waals surface area contributed by atoms with Crippen molar-refractivity contribution in [1.82, 2.24) is 4.90 Å². The van der Waals surface area contributed by atoms with Crippen molar-refractivity contribution in [3.05, 3.63) is 70.1 Å². The summed E-state index contributed by atoms with van der Waals surface area (Å²) in [5, 5.41) is 2.79. The molecule has 8 nitrogen and oxygen atoms in total. The quantitative estimate of drug-likeness (QED) is 0.183. The van der Waals surface area contributed by atoms with Gasteiger partial charge in [0.2, 0.25) is 5.91 Å². The van der Waals surface area contributed by atoms with Crippen molar-refractivity contribution in [3.63, 3.8) is 0 Å². The number of methoxy groups -OCH3 is 1. The van der Waals surface area contributed by atoms with Crippen LogP contribution in [-0.2, 0) is 19.1 Å². The number of nitrogens with one attached hydrogen (secondary N) is 1. The van der Waals surface area contributed by atoms with E-state index in [2.05, 4.69) is 10.1 Å². The number of nitrogens with zero attached hydrogens (tertiary/aromatic N) is 1. The first-order valence-corrected chi connectivity index (χ1v) is 13.1. The summed E-state index contributed by atoms with van der Waals surface area (Å²) in [6.07, 6.45) is 4.11. The Bertz CT molecular complexity index is 1190. The Kier molecular flexibility index (Phi) is 10.4. The molecule has 0 aromatic heterocycles. The predicted octanol–water partition coefficient (Wildman–Crippen LogP) is 5.05. The molecule has 3 rings (SSSR count). The fraction of sp³-hybridized carbons (Fsp3) is 0.296. The van der Waals surface area contributed by atoms with E-state index in [0.29, 0.717) is 45.6 Å². The second-order valence-electron chi connectivity index (χ2n) is 8.17. The van der Waals surface area contributed by atoms with Crippen LogP contribution in [0.25, 0.3) is 6.08 Å². The zero-order valence-corrected chi connectivity index (χ0v) is 22.3. The van der Waals surface area contributed by atoms with Crippen LogP contribution in [0, 0.1) is 0 Å². The summed E-state index contributed by atoms with van der Waals surface area (Å²) in [6.45, 7) is 2.72. The van der Waals surface area contributed by atoms with E-state index < -0.39 is 5.97 Å². The molecular weight excluding hydrogens is 512 g/mol. The molecule has 2 aromatic rings. The summed E-state index contributed by atoms with van der Waals surface area (Å²) in [5.74, 6) is -1.23. The van der Waals surface area contributed by atoms with E-state index in [1.54, 1.807) is 54.6 Å². The largest absolute Gasteiger partial charge is 0.465 e. The van der Waals surface area contributed by atoms with Crippen LogP contribution >= 0.6 is 24.0 Å². The van der Waals surface area contributed by atoms with Gasteiger partial charge < -0.3 is 14.8 Å². The molecule has 1 saturated heterocycles. The molecule has 1 aliphatic heterocycles. The third kappa shape index (κ3) is 7.99. The number of benzene rings is 2. The highest BCUT2D eigenvalue weighted by atomic mass is 32.2. The summed E-state index contributed by atoms with van der Waals surface area (Å²) < 4.78 is 10.3. The van der Waals surface area contributed by atoms with E-state index in [1.165, 1.54) is 23.8 Å². The van der Waals surface area contributed by atoms with Crippen molar-refractivity contribution >= 4 is 63.8 Å². The molecule has 194 valence electrons. The van der Waals surface area contributed by atoms with E-state index in [4.69, 9.17) is 17.0 Å². The predicted molar refractivity (Wildman–Crippen MR) is 147 cm³/mol. The first kappa shape index (κ1) is 28.1. The van der Waals surface area contributed by atoms with Gasteiger partial charge in [-0.05, 0) is 60.9 Å². The molecular formula is C27H28N2O6S2. The average molecular weight is 541 g/mol. The number of thiocarbonyl (C=S) groups is 1. The Morgan fingerprint density at radius 3 is 2.30 bits per heavy atom. The minimum Gasteiger partial charge on any atom is -0.465 e. The molecule has 37 heavy (non-hydrogen) atoms. The maximum absolute atomic E-state index is 12.8. The summed E-state index contributed by atoms with van der Waals surface area (Å²) in [7, 11) is 1.32. The lowest BCUT2D eigenvalue weighted by atomic mass is 10.1. The van der Waals surface area contributed by atoms with Crippen LogP contribution in [0.2, 0.25) is 0 Å². The fourth-order valence-electron chi connectivity index (χ4n) is 3.38. The molecule has 0 bridgehead atoms. The van der Waals surface area contributed by atoms with Crippen molar-refractivity contribution in [2.24, 2.45) is 0 Å². The smallest absolute Gasteiger partial charge is 0.338 e. The molecule has 10 heteroatoms. The lowest BCUT2D eigenvalue weighted by Gasteiger charge is -2.14. The number of carbonyl (C=O) groups is 4. The molecule has 0 atom stereocenters. The first-order valence-electron chi connectivity index (χ1n) is 11.8. The zero-order valence-electron chi connectivity index (χ0n) is 20.7. The third-order valence-electron chi connectivity index (χ3n) is 5.42. The van der Waals surface area contributed by atoms with Gasteiger partial charge in [0, 0.05) is 18.7 Å². The zero-order chi connectivity index (χ0) is 26.8. The van der Waals surface area contributed by atoms with E-state index in [1.807, 2.05) is 6.92 Å². The van der Waals surface area contributed by atoms with Gasteiger partial charge >= 0.3 is 11.9 Å². The number of hydrogen-bond acceptors (Lipinski definition) is 8. The summed E-state index contributed by atoms with van der Waals surface area (Å²) in [6, 6.07) is 13.2. The number of hydrogen-bond donors (Lipinski definition) is 1. The highest BCUT2D eigenvalue weighted by Gasteiger charge is 2.31. The van der Waals surface area contributed by atoms with Gasteiger partial charge in [0.1, 0.15) is 4.32 Å². The Morgan fingerprint density at radius 2 is 1.65 bits per heavy atom. The Morgan fingerprint density at radius 1 is 1.00 bits per heavy atom. The Balaban J connectivity index is 1.47. The number of rotatable bonds is 11. The fourth-order valence-corrected chi connectivity index (χ4v) is 4.69. The number of amides is 2. The van der Waals surface area contributed by atoms with E-state index in [9.17, 15) is 19.2 Å². The normalized spacial score (nSPS) is 14.1. The van der Waals surface area contributed by atoms with E-state index in [0.717, 1.165) is 18.4 Å². The van der Waals surface area contributed by atoms with Crippen molar-refractivity contribution in [3.8, 4) is 0 Å². The molecule has 0 radical (unpaired) electrons. The van der Waals surface area contributed by atoms with Gasteiger partial charge in [-0.1, -0.05) is 49.5 Å². The van der Waals surface area contributed by atoms with Gasteiger partial charge in [0.15, 0.2) is 0 Å². The molecule has 1 N–H and O–H groups in total. The van der Waals surface area contributed by atoms with Crippen molar-refractivity contribution in [2.45, 2.75) is 32.6 Å². The second-order valence-corrected chi connectivity index (χ2v) is 9.84. The number of thioether (sulfide) groups is 1. The van der Waals surface area contributed by atoms with Crippen LogP contribution < -0.4 is 5.32 Å². The van der Waals surface area contributed by atoms with Crippen LogP contribution in [0.1, 0.15) is 58.9 Å². The molecule has 0 saturated carbocycles. The van der Waals surface area contributed by atoms with Gasteiger partial charge in [-0.15, -0.1) is 0 Å². The standard InChI is InChI=1S/C27H28N2O6S2/c1-3-4-16-35-26(33)20-11-13-21(14-12-20)28-23(30)6-5-15-29-24(31)22(37-27(29)36)17-18-7-9-19(10-8-18)25(32)34-2/h7-14,17H,3-6,15-16H2,1-2H3,(H,28,30). The van der Waals surface area contributed by atoms with Gasteiger partial charge in [-0.3, -0.25) is 14.5 Å². The maximum Gasteiger partial charge on any atom is 0.338 e. The van der Waals surface area contributed by atoms with Gasteiger partial charge in [0.25, 0.3) is 5.91 Å². The van der Waals surface area contributed by atoms with Crippen LogP contribution in [0.4, 0.5) is 5.69 Å². The summed E-state index contributed by atoms with van der Waals surface area (Å²) >= 11 is 6.56. The molecule has 1 fully saturated rings. The minimum absolute atomic E-state index is 0.200. The lowest BCUT2D eigenvalue weighted by molar-refractivity contribution is -0.122. The molecule has 2 aromatic carbocycles. The lowest BCUT2D eigenvalue weighted by Crippen LogP contribution is -2.29. The molecule has 2 amide bonds. The van der Waals surface area contributed by atoms with Crippen molar-refractivity contribution < 1.29 is 28.7 Å². The molecule has 1 aliphatic rings. The van der Waals surface area contributed by atoms with Crippen LogP contribution in [0.15, 0.2) is 53.4 Å².